The highest BCUT2D eigenvalue weighted by molar-refractivity contribution is 5.58. The van der Waals surface area contributed by atoms with Gasteiger partial charge in [0, 0.05) is 31.4 Å². The first kappa shape index (κ1) is 14.2. The summed E-state index contributed by atoms with van der Waals surface area (Å²) in [6.45, 7) is 9.80. The molecule has 1 heterocycles. The number of rotatable bonds is 3. The van der Waals surface area contributed by atoms with Gasteiger partial charge < -0.3 is 15.4 Å². The number of nitrogens with zero attached hydrogens (tertiary/aromatic N) is 1. The van der Waals surface area contributed by atoms with E-state index < -0.39 is 0 Å². The van der Waals surface area contributed by atoms with Crippen molar-refractivity contribution in [1.82, 2.24) is 0 Å². The zero-order chi connectivity index (χ0) is 14.0. The van der Waals surface area contributed by atoms with Crippen molar-refractivity contribution in [2.45, 2.75) is 33.7 Å². The average molecular weight is 262 g/mol. The van der Waals surface area contributed by atoms with Crippen LogP contribution in [0.4, 0.5) is 5.69 Å². The first-order valence-electron chi connectivity index (χ1n) is 7.07. The monoisotopic (exact) mass is 262 g/mol. The Kier molecular flexibility index (Phi) is 4.04. The molecule has 2 N–H and O–H groups in total. The molecule has 1 aliphatic heterocycles. The SMILES string of the molecule is COc1ccc(CN)c(N2CCC(C(C)(C)C)C2)c1. The first-order valence-corrected chi connectivity index (χ1v) is 7.07. The summed E-state index contributed by atoms with van der Waals surface area (Å²) in [6, 6.07) is 6.19. The Labute approximate surface area is 116 Å². The van der Waals surface area contributed by atoms with E-state index in [0.717, 1.165) is 24.8 Å². The summed E-state index contributed by atoms with van der Waals surface area (Å²) in [6.07, 6.45) is 1.25. The van der Waals surface area contributed by atoms with Crippen molar-refractivity contribution in [3.63, 3.8) is 0 Å². The largest absolute Gasteiger partial charge is 0.497 e. The second-order valence-electron chi connectivity index (χ2n) is 6.50. The van der Waals surface area contributed by atoms with Gasteiger partial charge in [-0.15, -0.1) is 0 Å². The van der Waals surface area contributed by atoms with Gasteiger partial charge in [-0.25, -0.2) is 0 Å². The van der Waals surface area contributed by atoms with Crippen LogP contribution in [0.2, 0.25) is 0 Å². The molecule has 1 saturated heterocycles. The van der Waals surface area contributed by atoms with E-state index >= 15 is 0 Å². The minimum absolute atomic E-state index is 0.372. The molecule has 19 heavy (non-hydrogen) atoms. The van der Waals surface area contributed by atoms with Crippen LogP contribution in [0, 0.1) is 11.3 Å². The topological polar surface area (TPSA) is 38.5 Å². The quantitative estimate of drug-likeness (QED) is 0.910. The summed E-state index contributed by atoms with van der Waals surface area (Å²) >= 11 is 0. The van der Waals surface area contributed by atoms with E-state index in [1.807, 2.05) is 6.07 Å². The Morgan fingerprint density at radius 2 is 2.11 bits per heavy atom. The summed E-state index contributed by atoms with van der Waals surface area (Å²) in [7, 11) is 1.71. The third-order valence-electron chi connectivity index (χ3n) is 4.27. The number of ether oxygens (including phenoxy) is 1. The molecular weight excluding hydrogens is 236 g/mol. The third kappa shape index (κ3) is 3.03. The summed E-state index contributed by atoms with van der Waals surface area (Å²) < 4.78 is 5.34. The van der Waals surface area contributed by atoms with Gasteiger partial charge in [0.25, 0.3) is 0 Å². The van der Waals surface area contributed by atoms with Gasteiger partial charge >= 0.3 is 0 Å². The number of anilines is 1. The average Bonchev–Trinajstić information content (AvgIpc) is 2.87. The molecule has 0 saturated carbocycles. The van der Waals surface area contributed by atoms with Gasteiger partial charge in [-0.1, -0.05) is 26.8 Å². The number of nitrogens with two attached hydrogens (primary N) is 1. The van der Waals surface area contributed by atoms with Crippen LogP contribution >= 0.6 is 0 Å². The maximum atomic E-state index is 5.86. The molecule has 3 nitrogen and oxygen atoms in total. The molecule has 0 bridgehead atoms. The first-order chi connectivity index (χ1) is 8.95. The van der Waals surface area contributed by atoms with Gasteiger partial charge in [-0.3, -0.25) is 0 Å². The molecule has 1 aromatic rings. The zero-order valence-electron chi connectivity index (χ0n) is 12.6. The maximum Gasteiger partial charge on any atom is 0.120 e. The van der Waals surface area contributed by atoms with Crippen molar-refractivity contribution in [2.75, 3.05) is 25.1 Å². The fraction of sp³-hybridized carbons (Fsp3) is 0.625. The van der Waals surface area contributed by atoms with Gasteiger partial charge in [0.05, 0.1) is 7.11 Å². The molecule has 0 aliphatic carbocycles. The molecule has 2 rings (SSSR count). The smallest absolute Gasteiger partial charge is 0.120 e. The lowest BCUT2D eigenvalue weighted by Gasteiger charge is -2.28. The van der Waals surface area contributed by atoms with Crippen LogP contribution in [-0.2, 0) is 6.54 Å². The molecule has 1 unspecified atom stereocenters. The minimum Gasteiger partial charge on any atom is -0.497 e. The zero-order valence-corrected chi connectivity index (χ0v) is 12.6. The highest BCUT2D eigenvalue weighted by atomic mass is 16.5. The van der Waals surface area contributed by atoms with E-state index in [0.29, 0.717) is 12.0 Å². The molecule has 0 spiro atoms. The molecule has 1 fully saturated rings. The number of hydrogen-bond acceptors (Lipinski definition) is 3. The summed E-state index contributed by atoms with van der Waals surface area (Å²) in [4.78, 5) is 2.46. The standard InChI is InChI=1S/C16H26N2O/c1-16(2,3)13-7-8-18(11-13)15-9-14(19-4)6-5-12(15)10-17/h5-6,9,13H,7-8,10-11,17H2,1-4H3. The van der Waals surface area contributed by atoms with E-state index in [2.05, 4.69) is 37.8 Å². The van der Waals surface area contributed by atoms with Crippen LogP contribution in [0.5, 0.6) is 5.75 Å². The van der Waals surface area contributed by atoms with Crippen molar-refractivity contribution in [1.29, 1.82) is 0 Å². The Balaban J connectivity index is 2.23. The van der Waals surface area contributed by atoms with Crippen LogP contribution in [0.15, 0.2) is 18.2 Å². The van der Waals surface area contributed by atoms with Crippen molar-refractivity contribution in [3.05, 3.63) is 23.8 Å². The highest BCUT2D eigenvalue weighted by Crippen LogP contribution is 2.37. The number of hydrogen-bond donors (Lipinski definition) is 1. The molecule has 106 valence electrons. The van der Waals surface area contributed by atoms with Gasteiger partial charge in [-0.05, 0) is 29.4 Å². The summed E-state index contributed by atoms with van der Waals surface area (Å²) in [5, 5.41) is 0. The molecule has 0 aromatic heterocycles. The summed E-state index contributed by atoms with van der Waals surface area (Å²) in [5.74, 6) is 1.65. The van der Waals surface area contributed by atoms with Crippen molar-refractivity contribution in [3.8, 4) is 5.75 Å². The Morgan fingerprint density at radius 3 is 2.63 bits per heavy atom. The second kappa shape index (κ2) is 5.41. The Hall–Kier alpha value is -1.22. The predicted octanol–water partition coefficient (Wildman–Crippen LogP) is 3.03. The summed E-state index contributed by atoms with van der Waals surface area (Å²) in [5.41, 5.74) is 8.68. The fourth-order valence-corrected chi connectivity index (χ4v) is 2.82. The molecule has 0 radical (unpaired) electrons. The minimum atomic E-state index is 0.372. The third-order valence-corrected chi connectivity index (χ3v) is 4.27. The van der Waals surface area contributed by atoms with Gasteiger partial charge in [0.2, 0.25) is 0 Å². The van der Waals surface area contributed by atoms with Crippen LogP contribution in [0.25, 0.3) is 0 Å². The molecule has 3 heteroatoms. The van der Waals surface area contributed by atoms with Crippen molar-refractivity contribution >= 4 is 5.69 Å². The van der Waals surface area contributed by atoms with Gasteiger partial charge in [0.1, 0.15) is 5.75 Å². The molecule has 1 aromatic carbocycles. The predicted molar refractivity (Wildman–Crippen MR) is 80.7 cm³/mol. The van der Waals surface area contributed by atoms with Gasteiger partial charge in [0.15, 0.2) is 0 Å². The van der Waals surface area contributed by atoms with E-state index in [1.54, 1.807) is 7.11 Å². The Morgan fingerprint density at radius 1 is 1.37 bits per heavy atom. The highest BCUT2D eigenvalue weighted by Gasteiger charge is 2.32. The fourth-order valence-electron chi connectivity index (χ4n) is 2.82. The van der Waals surface area contributed by atoms with E-state index in [-0.39, 0.29) is 0 Å². The van der Waals surface area contributed by atoms with Gasteiger partial charge in [-0.2, -0.15) is 0 Å². The normalized spacial score (nSPS) is 19.8. The number of methoxy groups -OCH3 is 1. The molecule has 1 aliphatic rings. The second-order valence-corrected chi connectivity index (χ2v) is 6.50. The lowest BCUT2D eigenvalue weighted by molar-refractivity contribution is 0.263. The van der Waals surface area contributed by atoms with Crippen LogP contribution in [0.3, 0.4) is 0 Å². The van der Waals surface area contributed by atoms with Crippen LogP contribution in [0.1, 0.15) is 32.8 Å². The van der Waals surface area contributed by atoms with E-state index in [9.17, 15) is 0 Å². The van der Waals surface area contributed by atoms with Crippen molar-refractivity contribution < 1.29 is 4.74 Å². The molecular formula is C16H26N2O. The van der Waals surface area contributed by atoms with Crippen molar-refractivity contribution in [2.24, 2.45) is 17.1 Å². The molecule has 1 atom stereocenters. The maximum absolute atomic E-state index is 5.86. The van der Waals surface area contributed by atoms with E-state index in [1.165, 1.54) is 17.7 Å². The van der Waals surface area contributed by atoms with Crippen LogP contribution < -0.4 is 15.4 Å². The molecule has 0 amide bonds. The van der Waals surface area contributed by atoms with E-state index in [4.69, 9.17) is 10.5 Å². The lowest BCUT2D eigenvalue weighted by Crippen LogP contribution is -2.26. The lowest BCUT2D eigenvalue weighted by atomic mass is 9.80. The van der Waals surface area contributed by atoms with Crippen LogP contribution in [-0.4, -0.2) is 20.2 Å². The number of benzene rings is 1. The Bertz CT molecular complexity index is 437.